The molecule has 1 amide bonds. The molecule has 1 aliphatic rings. The van der Waals surface area contributed by atoms with Crippen molar-refractivity contribution in [3.63, 3.8) is 0 Å². The van der Waals surface area contributed by atoms with Crippen molar-refractivity contribution in [3.05, 3.63) is 23.0 Å². The van der Waals surface area contributed by atoms with Gasteiger partial charge in [0, 0.05) is 37.6 Å². The summed E-state index contributed by atoms with van der Waals surface area (Å²) in [5, 5.41) is 0. The van der Waals surface area contributed by atoms with E-state index in [4.69, 9.17) is 0 Å². The van der Waals surface area contributed by atoms with Crippen LogP contribution in [0.25, 0.3) is 0 Å². The first kappa shape index (κ1) is 17.0. The molecule has 1 fully saturated rings. The molecule has 124 valence electrons. The Hall–Kier alpha value is -1.34. The molecule has 1 saturated heterocycles. The minimum absolute atomic E-state index is 0.0675. The number of aryl methyl sites for hydroxylation is 2. The maximum Gasteiger partial charge on any atom is 0.227 e. The zero-order valence-electron chi connectivity index (χ0n) is 13.6. The van der Waals surface area contributed by atoms with Gasteiger partial charge < -0.3 is 9.88 Å². The summed E-state index contributed by atoms with van der Waals surface area (Å²) in [7, 11) is -3.17. The fourth-order valence-corrected chi connectivity index (χ4v) is 3.98. The molecule has 1 aliphatic heterocycles. The number of aromatic amines is 1. The van der Waals surface area contributed by atoms with Crippen molar-refractivity contribution in [1.29, 1.82) is 0 Å². The Balaban J connectivity index is 1.99. The lowest BCUT2D eigenvalue weighted by Crippen LogP contribution is -2.38. The van der Waals surface area contributed by atoms with Crippen LogP contribution in [0.3, 0.4) is 0 Å². The third-order valence-electron chi connectivity index (χ3n) is 4.16. The second kappa shape index (κ2) is 6.83. The Morgan fingerprint density at radius 2 is 1.95 bits per heavy atom. The zero-order valence-corrected chi connectivity index (χ0v) is 14.4. The fourth-order valence-electron chi connectivity index (χ4n) is 2.84. The highest BCUT2D eigenvalue weighted by Crippen LogP contribution is 2.14. The number of carbonyl (C=O) groups is 1. The summed E-state index contributed by atoms with van der Waals surface area (Å²) in [5.74, 6) is 0.181. The molecule has 2 heterocycles. The number of hydrogen-bond acceptors (Lipinski definition) is 3. The van der Waals surface area contributed by atoms with Gasteiger partial charge in [-0.3, -0.25) is 4.79 Å². The highest BCUT2D eigenvalue weighted by molar-refractivity contribution is 7.89. The second-order valence-corrected chi connectivity index (χ2v) is 8.07. The van der Waals surface area contributed by atoms with Crippen LogP contribution in [0.1, 0.15) is 30.3 Å². The first-order valence-corrected chi connectivity index (χ1v) is 9.35. The molecule has 0 atom stereocenters. The van der Waals surface area contributed by atoms with Crippen LogP contribution in [0.4, 0.5) is 0 Å². The summed E-state index contributed by atoms with van der Waals surface area (Å²) in [6.07, 6.45) is 1.06. The van der Waals surface area contributed by atoms with Crippen molar-refractivity contribution in [2.45, 2.75) is 33.6 Å². The van der Waals surface area contributed by atoms with E-state index in [2.05, 4.69) is 4.98 Å². The first-order chi connectivity index (χ1) is 10.3. The average Bonchev–Trinajstić information content (AvgIpc) is 2.69. The van der Waals surface area contributed by atoms with E-state index in [9.17, 15) is 13.2 Å². The van der Waals surface area contributed by atoms with Crippen molar-refractivity contribution in [1.82, 2.24) is 14.2 Å². The predicted octanol–water partition coefficient (Wildman–Crippen LogP) is 1.06. The molecule has 0 spiro atoms. The van der Waals surface area contributed by atoms with Crippen molar-refractivity contribution < 1.29 is 13.2 Å². The summed E-state index contributed by atoms with van der Waals surface area (Å²) in [4.78, 5) is 17.4. The Labute approximate surface area is 132 Å². The SMILES string of the molecule is CCS(=O)(=O)N1CCCN(C(=O)Cc2cc(C)[nH]c2C)CC1. The largest absolute Gasteiger partial charge is 0.362 e. The maximum absolute atomic E-state index is 12.5. The zero-order chi connectivity index (χ0) is 16.3. The van der Waals surface area contributed by atoms with Crippen molar-refractivity contribution >= 4 is 15.9 Å². The summed E-state index contributed by atoms with van der Waals surface area (Å²) in [5.41, 5.74) is 3.09. The van der Waals surface area contributed by atoms with Gasteiger partial charge in [0.1, 0.15) is 0 Å². The molecule has 22 heavy (non-hydrogen) atoms. The summed E-state index contributed by atoms with van der Waals surface area (Å²) < 4.78 is 25.4. The van der Waals surface area contributed by atoms with Gasteiger partial charge in [0.15, 0.2) is 0 Å². The molecule has 0 aromatic carbocycles. The first-order valence-electron chi connectivity index (χ1n) is 7.74. The van der Waals surface area contributed by atoms with Crippen LogP contribution in [0.15, 0.2) is 6.07 Å². The number of sulfonamides is 1. The van der Waals surface area contributed by atoms with E-state index < -0.39 is 10.0 Å². The summed E-state index contributed by atoms with van der Waals surface area (Å²) in [6.45, 7) is 7.58. The topological polar surface area (TPSA) is 73.5 Å². The molecule has 1 aromatic rings. The van der Waals surface area contributed by atoms with Gasteiger partial charge in [-0.25, -0.2) is 12.7 Å². The van der Waals surface area contributed by atoms with Crippen LogP contribution in [-0.4, -0.2) is 60.4 Å². The number of H-pyrrole nitrogens is 1. The number of hydrogen-bond donors (Lipinski definition) is 1. The molecule has 0 saturated carbocycles. The van der Waals surface area contributed by atoms with E-state index in [1.165, 1.54) is 4.31 Å². The van der Waals surface area contributed by atoms with Crippen LogP contribution in [-0.2, 0) is 21.2 Å². The second-order valence-electron chi connectivity index (χ2n) is 5.81. The van der Waals surface area contributed by atoms with Crippen molar-refractivity contribution in [2.75, 3.05) is 31.9 Å². The van der Waals surface area contributed by atoms with Gasteiger partial charge in [-0.05, 0) is 38.8 Å². The van der Waals surface area contributed by atoms with Crippen molar-refractivity contribution in [3.8, 4) is 0 Å². The lowest BCUT2D eigenvalue weighted by Gasteiger charge is -2.21. The van der Waals surface area contributed by atoms with Crippen LogP contribution in [0.2, 0.25) is 0 Å². The number of rotatable bonds is 4. The fraction of sp³-hybridized carbons (Fsp3) is 0.667. The molecule has 0 bridgehead atoms. The van der Waals surface area contributed by atoms with Gasteiger partial charge in [-0.2, -0.15) is 0 Å². The van der Waals surface area contributed by atoms with E-state index in [0.717, 1.165) is 17.0 Å². The summed E-state index contributed by atoms with van der Waals surface area (Å²) in [6, 6.07) is 2.00. The van der Waals surface area contributed by atoms with Crippen LogP contribution in [0.5, 0.6) is 0 Å². The smallest absolute Gasteiger partial charge is 0.227 e. The molecule has 1 aromatic heterocycles. The molecule has 0 unspecified atom stereocenters. The van der Waals surface area contributed by atoms with E-state index in [0.29, 0.717) is 39.0 Å². The lowest BCUT2D eigenvalue weighted by molar-refractivity contribution is -0.130. The molecule has 2 rings (SSSR count). The van der Waals surface area contributed by atoms with E-state index in [1.54, 1.807) is 11.8 Å². The van der Waals surface area contributed by atoms with Gasteiger partial charge in [0.05, 0.1) is 12.2 Å². The van der Waals surface area contributed by atoms with Gasteiger partial charge >= 0.3 is 0 Å². The quantitative estimate of drug-likeness (QED) is 0.898. The van der Waals surface area contributed by atoms with Gasteiger partial charge in [-0.15, -0.1) is 0 Å². The minimum Gasteiger partial charge on any atom is -0.362 e. The predicted molar refractivity (Wildman–Crippen MR) is 86.2 cm³/mol. The Kier molecular flexibility index (Phi) is 5.28. The van der Waals surface area contributed by atoms with Crippen LogP contribution >= 0.6 is 0 Å². The summed E-state index contributed by atoms with van der Waals surface area (Å²) >= 11 is 0. The normalized spacial score (nSPS) is 17.5. The molecular weight excluding hydrogens is 302 g/mol. The third-order valence-corrected chi connectivity index (χ3v) is 6.05. The van der Waals surface area contributed by atoms with Crippen LogP contribution < -0.4 is 0 Å². The van der Waals surface area contributed by atoms with E-state index in [-0.39, 0.29) is 11.7 Å². The molecule has 0 radical (unpaired) electrons. The van der Waals surface area contributed by atoms with Gasteiger partial charge in [0.25, 0.3) is 0 Å². The Morgan fingerprint density at radius 3 is 2.55 bits per heavy atom. The number of aromatic nitrogens is 1. The van der Waals surface area contributed by atoms with Crippen LogP contribution in [0, 0.1) is 13.8 Å². The van der Waals surface area contributed by atoms with E-state index >= 15 is 0 Å². The number of carbonyl (C=O) groups excluding carboxylic acids is 1. The standard InChI is InChI=1S/C15H25N3O3S/c1-4-22(20,21)18-7-5-6-17(8-9-18)15(19)11-14-10-12(2)16-13(14)3/h10,16H,4-9,11H2,1-3H3. The van der Waals surface area contributed by atoms with Crippen molar-refractivity contribution in [2.24, 2.45) is 0 Å². The Morgan fingerprint density at radius 1 is 1.23 bits per heavy atom. The molecule has 6 nitrogen and oxygen atoms in total. The molecule has 0 aliphatic carbocycles. The molecule has 1 N–H and O–H groups in total. The Bertz CT molecular complexity index is 636. The highest BCUT2D eigenvalue weighted by atomic mass is 32.2. The average molecular weight is 327 g/mol. The van der Waals surface area contributed by atoms with Gasteiger partial charge in [0.2, 0.25) is 15.9 Å². The monoisotopic (exact) mass is 327 g/mol. The number of nitrogens with zero attached hydrogens (tertiary/aromatic N) is 2. The minimum atomic E-state index is -3.17. The molecule has 7 heteroatoms. The lowest BCUT2D eigenvalue weighted by atomic mass is 10.1. The number of amides is 1. The molecular formula is C15H25N3O3S. The maximum atomic E-state index is 12.5. The third kappa shape index (κ3) is 3.89. The number of nitrogens with one attached hydrogen (secondary N) is 1. The highest BCUT2D eigenvalue weighted by Gasteiger charge is 2.25. The van der Waals surface area contributed by atoms with E-state index in [1.807, 2.05) is 19.9 Å². The van der Waals surface area contributed by atoms with Gasteiger partial charge in [-0.1, -0.05) is 0 Å².